The molecule has 0 atom stereocenters. The SMILES string of the molecule is O=C(O)c1ccsc1NC(=O)C1CCCCC1. The highest BCUT2D eigenvalue weighted by Gasteiger charge is 2.23. The molecule has 1 aliphatic carbocycles. The van der Waals surface area contributed by atoms with Crippen LogP contribution in [-0.4, -0.2) is 17.0 Å². The second-order valence-electron chi connectivity index (χ2n) is 4.29. The Morgan fingerprint density at radius 1 is 1.29 bits per heavy atom. The Balaban J connectivity index is 2.02. The lowest BCUT2D eigenvalue weighted by Gasteiger charge is -2.20. The summed E-state index contributed by atoms with van der Waals surface area (Å²) >= 11 is 1.26. The van der Waals surface area contributed by atoms with Crippen molar-refractivity contribution in [2.75, 3.05) is 5.32 Å². The van der Waals surface area contributed by atoms with Crippen LogP contribution >= 0.6 is 11.3 Å². The molecule has 0 aliphatic heterocycles. The molecule has 1 heterocycles. The molecule has 0 bridgehead atoms. The van der Waals surface area contributed by atoms with E-state index in [9.17, 15) is 9.59 Å². The molecule has 17 heavy (non-hydrogen) atoms. The summed E-state index contributed by atoms with van der Waals surface area (Å²) in [7, 11) is 0. The van der Waals surface area contributed by atoms with Crippen LogP contribution in [0, 0.1) is 5.92 Å². The third kappa shape index (κ3) is 2.85. The highest BCUT2D eigenvalue weighted by Crippen LogP contribution is 2.28. The van der Waals surface area contributed by atoms with Gasteiger partial charge >= 0.3 is 5.97 Å². The van der Waals surface area contributed by atoms with Crippen LogP contribution in [0.25, 0.3) is 0 Å². The average molecular weight is 253 g/mol. The van der Waals surface area contributed by atoms with Crippen molar-refractivity contribution < 1.29 is 14.7 Å². The first kappa shape index (κ1) is 12.1. The second kappa shape index (κ2) is 5.31. The molecule has 1 saturated carbocycles. The Hall–Kier alpha value is -1.36. The van der Waals surface area contributed by atoms with E-state index in [0.717, 1.165) is 25.7 Å². The van der Waals surface area contributed by atoms with E-state index in [2.05, 4.69) is 5.32 Å². The molecule has 1 aliphatic rings. The third-order valence-electron chi connectivity index (χ3n) is 3.11. The second-order valence-corrected chi connectivity index (χ2v) is 5.21. The minimum atomic E-state index is -0.995. The molecule has 1 fully saturated rings. The van der Waals surface area contributed by atoms with E-state index in [4.69, 9.17) is 5.11 Å². The minimum absolute atomic E-state index is 0.0327. The fourth-order valence-corrected chi connectivity index (χ4v) is 2.94. The average Bonchev–Trinajstić information content (AvgIpc) is 2.78. The predicted octanol–water partition coefficient (Wildman–Crippen LogP) is 2.97. The monoisotopic (exact) mass is 253 g/mol. The maximum atomic E-state index is 11.9. The fraction of sp³-hybridized carbons (Fsp3) is 0.500. The molecule has 1 aromatic rings. The van der Waals surface area contributed by atoms with E-state index < -0.39 is 5.97 Å². The van der Waals surface area contributed by atoms with Crippen LogP contribution in [0.15, 0.2) is 11.4 Å². The highest BCUT2D eigenvalue weighted by molar-refractivity contribution is 7.14. The van der Waals surface area contributed by atoms with E-state index >= 15 is 0 Å². The van der Waals surface area contributed by atoms with Gasteiger partial charge in [-0.25, -0.2) is 4.79 Å². The number of carboxylic acid groups (broad SMARTS) is 1. The topological polar surface area (TPSA) is 66.4 Å². The number of anilines is 1. The summed E-state index contributed by atoms with van der Waals surface area (Å²) in [5.74, 6) is -0.979. The molecule has 0 radical (unpaired) electrons. The molecule has 2 rings (SSSR count). The Morgan fingerprint density at radius 3 is 2.65 bits per heavy atom. The number of carbonyl (C=O) groups excluding carboxylic acids is 1. The van der Waals surface area contributed by atoms with Crippen molar-refractivity contribution >= 4 is 28.2 Å². The van der Waals surface area contributed by atoms with Crippen LogP contribution in [0.3, 0.4) is 0 Å². The largest absolute Gasteiger partial charge is 0.478 e. The zero-order valence-electron chi connectivity index (χ0n) is 9.44. The van der Waals surface area contributed by atoms with E-state index in [1.807, 2.05) is 0 Å². The smallest absolute Gasteiger partial charge is 0.338 e. The molecule has 5 heteroatoms. The van der Waals surface area contributed by atoms with Gasteiger partial charge in [-0.05, 0) is 24.3 Å². The summed E-state index contributed by atoms with van der Waals surface area (Å²) in [6, 6.07) is 1.52. The number of thiophene rings is 1. The first-order valence-electron chi connectivity index (χ1n) is 5.80. The van der Waals surface area contributed by atoms with Gasteiger partial charge in [-0.2, -0.15) is 0 Å². The van der Waals surface area contributed by atoms with E-state index in [-0.39, 0.29) is 17.4 Å². The summed E-state index contributed by atoms with van der Waals surface area (Å²) in [4.78, 5) is 22.8. The van der Waals surface area contributed by atoms with E-state index in [1.165, 1.54) is 23.8 Å². The van der Waals surface area contributed by atoms with Gasteiger partial charge in [0.05, 0.1) is 5.56 Å². The van der Waals surface area contributed by atoms with Crippen molar-refractivity contribution in [2.45, 2.75) is 32.1 Å². The van der Waals surface area contributed by atoms with Crippen molar-refractivity contribution in [1.82, 2.24) is 0 Å². The number of nitrogens with one attached hydrogen (secondary N) is 1. The highest BCUT2D eigenvalue weighted by atomic mass is 32.1. The Morgan fingerprint density at radius 2 is 2.00 bits per heavy atom. The van der Waals surface area contributed by atoms with Gasteiger partial charge in [0.2, 0.25) is 5.91 Å². The van der Waals surface area contributed by atoms with Crippen LogP contribution in [0.1, 0.15) is 42.5 Å². The molecule has 0 aromatic carbocycles. The normalized spacial score (nSPS) is 16.7. The Kier molecular flexibility index (Phi) is 3.78. The van der Waals surface area contributed by atoms with Crippen molar-refractivity contribution in [2.24, 2.45) is 5.92 Å². The summed E-state index contributed by atoms with van der Waals surface area (Å²) in [6.45, 7) is 0. The summed E-state index contributed by atoms with van der Waals surface area (Å²) in [5, 5.41) is 13.8. The minimum Gasteiger partial charge on any atom is -0.478 e. The summed E-state index contributed by atoms with van der Waals surface area (Å²) in [5.41, 5.74) is 0.180. The molecule has 4 nitrogen and oxygen atoms in total. The Bertz CT molecular complexity index is 421. The maximum Gasteiger partial charge on any atom is 0.338 e. The van der Waals surface area contributed by atoms with Gasteiger partial charge in [0.25, 0.3) is 0 Å². The van der Waals surface area contributed by atoms with Gasteiger partial charge in [-0.15, -0.1) is 11.3 Å². The van der Waals surface area contributed by atoms with Crippen molar-refractivity contribution in [3.05, 3.63) is 17.0 Å². The first-order chi connectivity index (χ1) is 8.18. The predicted molar refractivity (Wildman–Crippen MR) is 66.5 cm³/mol. The molecule has 0 spiro atoms. The number of amides is 1. The van der Waals surface area contributed by atoms with Crippen LogP contribution < -0.4 is 5.32 Å². The quantitative estimate of drug-likeness (QED) is 0.870. The Labute approximate surface area is 104 Å². The van der Waals surface area contributed by atoms with Crippen molar-refractivity contribution in [3.8, 4) is 0 Å². The van der Waals surface area contributed by atoms with Crippen LogP contribution in [0.5, 0.6) is 0 Å². The lowest BCUT2D eigenvalue weighted by molar-refractivity contribution is -0.120. The summed E-state index contributed by atoms with van der Waals surface area (Å²) < 4.78 is 0. The number of carboxylic acids is 1. The molecule has 0 unspecified atom stereocenters. The number of hydrogen-bond acceptors (Lipinski definition) is 3. The molecule has 1 aromatic heterocycles. The van der Waals surface area contributed by atoms with Crippen LogP contribution in [-0.2, 0) is 4.79 Å². The number of hydrogen-bond donors (Lipinski definition) is 2. The maximum absolute atomic E-state index is 11.9. The molecule has 2 N–H and O–H groups in total. The van der Waals surface area contributed by atoms with Gasteiger partial charge in [-0.3, -0.25) is 4.79 Å². The lowest BCUT2D eigenvalue weighted by atomic mass is 9.89. The zero-order valence-corrected chi connectivity index (χ0v) is 10.3. The molecule has 1 amide bonds. The van der Waals surface area contributed by atoms with Crippen LogP contribution in [0.2, 0.25) is 0 Å². The van der Waals surface area contributed by atoms with Crippen molar-refractivity contribution in [1.29, 1.82) is 0 Å². The van der Waals surface area contributed by atoms with Crippen molar-refractivity contribution in [3.63, 3.8) is 0 Å². The van der Waals surface area contributed by atoms with Gasteiger partial charge in [-0.1, -0.05) is 19.3 Å². The third-order valence-corrected chi connectivity index (χ3v) is 3.94. The number of carbonyl (C=O) groups is 2. The van der Waals surface area contributed by atoms with E-state index in [0.29, 0.717) is 5.00 Å². The van der Waals surface area contributed by atoms with Gasteiger partial charge < -0.3 is 10.4 Å². The number of aromatic carboxylic acids is 1. The standard InChI is InChI=1S/C12H15NO3S/c14-10(8-4-2-1-3-5-8)13-11-9(12(15)16)6-7-17-11/h6-8H,1-5H2,(H,13,14)(H,15,16). The molecule has 0 saturated heterocycles. The number of rotatable bonds is 3. The molecule has 92 valence electrons. The fourth-order valence-electron chi connectivity index (χ4n) is 2.15. The first-order valence-corrected chi connectivity index (χ1v) is 6.68. The zero-order chi connectivity index (χ0) is 12.3. The summed E-state index contributed by atoms with van der Waals surface area (Å²) in [6.07, 6.45) is 5.21. The van der Waals surface area contributed by atoms with Gasteiger partial charge in [0.15, 0.2) is 0 Å². The van der Waals surface area contributed by atoms with Gasteiger partial charge in [0.1, 0.15) is 5.00 Å². The molecular weight excluding hydrogens is 238 g/mol. The lowest BCUT2D eigenvalue weighted by Crippen LogP contribution is -2.25. The van der Waals surface area contributed by atoms with Crippen LogP contribution in [0.4, 0.5) is 5.00 Å². The molecular formula is C12H15NO3S. The van der Waals surface area contributed by atoms with Gasteiger partial charge in [0, 0.05) is 5.92 Å². The van der Waals surface area contributed by atoms with E-state index in [1.54, 1.807) is 5.38 Å².